The number of hydrogen-bond donors (Lipinski definition) is 1. The molecule has 0 aliphatic carbocycles. The lowest BCUT2D eigenvalue weighted by molar-refractivity contribution is -0.127. The van der Waals surface area contributed by atoms with Crippen LogP contribution in [0.4, 0.5) is 0 Å². The molecule has 0 radical (unpaired) electrons. The SMILES string of the molecule is CC(C)CNC(=O)[C@H](C)Oc1ccc(S(=O)(=O)N2CCC(C)CC2)cc1. The molecule has 1 saturated heterocycles. The lowest BCUT2D eigenvalue weighted by Crippen LogP contribution is -2.38. The number of benzene rings is 1. The van der Waals surface area contributed by atoms with Crippen molar-refractivity contribution in [1.29, 1.82) is 0 Å². The van der Waals surface area contributed by atoms with Gasteiger partial charge in [0.05, 0.1) is 4.90 Å². The molecule has 1 atom stereocenters. The zero-order valence-electron chi connectivity index (χ0n) is 16.1. The van der Waals surface area contributed by atoms with Crippen LogP contribution < -0.4 is 10.1 Å². The Labute approximate surface area is 157 Å². The Hall–Kier alpha value is -1.60. The van der Waals surface area contributed by atoms with Crippen LogP contribution in [0.15, 0.2) is 29.2 Å². The van der Waals surface area contributed by atoms with E-state index in [-0.39, 0.29) is 10.8 Å². The third-order valence-electron chi connectivity index (χ3n) is 4.57. The Balaban J connectivity index is 1.98. The van der Waals surface area contributed by atoms with Crippen molar-refractivity contribution < 1.29 is 17.9 Å². The first kappa shape index (κ1) is 20.7. The molecule has 1 aromatic rings. The van der Waals surface area contributed by atoms with Gasteiger partial charge in [-0.05, 0) is 55.9 Å². The van der Waals surface area contributed by atoms with Crippen LogP contribution in [-0.2, 0) is 14.8 Å². The van der Waals surface area contributed by atoms with Crippen LogP contribution >= 0.6 is 0 Å². The van der Waals surface area contributed by atoms with Crippen LogP contribution in [0.5, 0.6) is 5.75 Å². The van der Waals surface area contributed by atoms with Crippen molar-refractivity contribution in [3.8, 4) is 5.75 Å². The second-order valence-corrected chi connectivity index (χ2v) is 9.40. The molecule has 1 aliphatic rings. The van der Waals surface area contributed by atoms with Gasteiger partial charge in [0.25, 0.3) is 5.91 Å². The fourth-order valence-corrected chi connectivity index (χ4v) is 4.24. The topological polar surface area (TPSA) is 75.7 Å². The first-order valence-electron chi connectivity index (χ1n) is 9.24. The van der Waals surface area contributed by atoms with Crippen molar-refractivity contribution in [2.24, 2.45) is 11.8 Å². The van der Waals surface area contributed by atoms with E-state index in [9.17, 15) is 13.2 Å². The van der Waals surface area contributed by atoms with Crippen molar-refractivity contribution in [1.82, 2.24) is 9.62 Å². The fraction of sp³-hybridized carbons (Fsp3) is 0.632. The van der Waals surface area contributed by atoms with Gasteiger partial charge in [-0.1, -0.05) is 20.8 Å². The summed E-state index contributed by atoms with van der Waals surface area (Å²) in [5.41, 5.74) is 0. The van der Waals surface area contributed by atoms with E-state index in [0.717, 1.165) is 12.8 Å². The van der Waals surface area contributed by atoms with Gasteiger partial charge in [0.2, 0.25) is 10.0 Å². The molecule has 1 fully saturated rings. The highest BCUT2D eigenvalue weighted by Gasteiger charge is 2.28. The highest BCUT2D eigenvalue weighted by molar-refractivity contribution is 7.89. The Morgan fingerprint density at radius 3 is 2.31 bits per heavy atom. The van der Waals surface area contributed by atoms with Gasteiger partial charge in [0.15, 0.2) is 6.10 Å². The number of amides is 1. The highest BCUT2D eigenvalue weighted by Crippen LogP contribution is 2.25. The summed E-state index contributed by atoms with van der Waals surface area (Å²) in [6, 6.07) is 6.29. The van der Waals surface area contributed by atoms with Crippen LogP contribution in [0.2, 0.25) is 0 Å². The van der Waals surface area contributed by atoms with Crippen molar-refractivity contribution in [2.45, 2.75) is 51.5 Å². The number of rotatable bonds is 7. The van der Waals surface area contributed by atoms with Crippen molar-refractivity contribution in [3.63, 3.8) is 0 Å². The van der Waals surface area contributed by atoms with Crippen LogP contribution in [0.1, 0.15) is 40.5 Å². The molecule has 1 N–H and O–H groups in total. The van der Waals surface area contributed by atoms with E-state index in [0.29, 0.717) is 37.2 Å². The van der Waals surface area contributed by atoms with E-state index in [1.165, 1.54) is 0 Å². The molecule has 7 heteroatoms. The van der Waals surface area contributed by atoms with Gasteiger partial charge in [-0.3, -0.25) is 4.79 Å². The lowest BCUT2D eigenvalue weighted by Gasteiger charge is -2.29. The molecular formula is C19H30N2O4S. The van der Waals surface area contributed by atoms with E-state index in [2.05, 4.69) is 12.2 Å². The number of nitrogens with one attached hydrogen (secondary N) is 1. The van der Waals surface area contributed by atoms with Gasteiger partial charge in [-0.15, -0.1) is 0 Å². The molecule has 1 amide bonds. The summed E-state index contributed by atoms with van der Waals surface area (Å²) >= 11 is 0. The maximum Gasteiger partial charge on any atom is 0.260 e. The normalized spacial score (nSPS) is 17.9. The summed E-state index contributed by atoms with van der Waals surface area (Å²) < 4.78 is 32.6. The number of piperidine rings is 1. The highest BCUT2D eigenvalue weighted by atomic mass is 32.2. The van der Waals surface area contributed by atoms with Crippen LogP contribution in [0.3, 0.4) is 0 Å². The molecular weight excluding hydrogens is 352 g/mol. The number of ether oxygens (including phenoxy) is 1. The molecule has 26 heavy (non-hydrogen) atoms. The molecule has 0 spiro atoms. The zero-order valence-corrected chi connectivity index (χ0v) is 16.9. The number of carbonyl (C=O) groups is 1. The van der Waals surface area contributed by atoms with Gasteiger partial charge in [0, 0.05) is 19.6 Å². The minimum atomic E-state index is -3.47. The summed E-state index contributed by atoms with van der Waals surface area (Å²) in [5, 5.41) is 2.82. The number of carbonyl (C=O) groups excluding carboxylic acids is 1. The number of nitrogens with zero attached hydrogens (tertiary/aromatic N) is 1. The third-order valence-corrected chi connectivity index (χ3v) is 6.48. The molecule has 0 saturated carbocycles. The predicted octanol–water partition coefficient (Wildman–Crippen LogP) is 2.65. The Kier molecular flexibility index (Phi) is 7.06. The van der Waals surface area contributed by atoms with Crippen LogP contribution in [0.25, 0.3) is 0 Å². The summed E-state index contributed by atoms with van der Waals surface area (Å²) in [5.74, 6) is 1.23. The predicted molar refractivity (Wildman–Crippen MR) is 102 cm³/mol. The van der Waals surface area contributed by atoms with E-state index in [1.807, 2.05) is 13.8 Å². The Morgan fingerprint density at radius 2 is 1.77 bits per heavy atom. The summed E-state index contributed by atoms with van der Waals surface area (Å²) in [6.45, 7) is 9.59. The molecule has 6 nitrogen and oxygen atoms in total. The molecule has 2 rings (SSSR count). The quantitative estimate of drug-likeness (QED) is 0.787. The summed E-state index contributed by atoms with van der Waals surface area (Å²) in [4.78, 5) is 12.2. The number of sulfonamides is 1. The second-order valence-electron chi connectivity index (χ2n) is 7.46. The summed E-state index contributed by atoms with van der Waals surface area (Å²) in [7, 11) is -3.47. The van der Waals surface area contributed by atoms with Crippen LogP contribution in [-0.4, -0.2) is 44.4 Å². The molecule has 0 bridgehead atoms. The smallest absolute Gasteiger partial charge is 0.260 e. The minimum Gasteiger partial charge on any atom is -0.481 e. The van der Waals surface area contributed by atoms with Crippen molar-refractivity contribution in [3.05, 3.63) is 24.3 Å². The first-order valence-corrected chi connectivity index (χ1v) is 10.7. The molecule has 1 aromatic carbocycles. The van der Waals surface area contributed by atoms with Gasteiger partial charge in [-0.25, -0.2) is 8.42 Å². The standard InChI is InChI=1S/C19H30N2O4S/c1-14(2)13-20-19(22)16(4)25-17-5-7-18(8-6-17)26(23,24)21-11-9-15(3)10-12-21/h5-8,14-16H,9-13H2,1-4H3,(H,20,22)/t16-/m0/s1. The fourth-order valence-electron chi connectivity index (χ4n) is 2.77. The van der Waals surface area contributed by atoms with Gasteiger partial charge < -0.3 is 10.1 Å². The molecule has 1 heterocycles. The Bertz CT molecular complexity index is 693. The molecule has 146 valence electrons. The van der Waals surface area contributed by atoms with Gasteiger partial charge in [0.1, 0.15) is 5.75 Å². The van der Waals surface area contributed by atoms with Gasteiger partial charge >= 0.3 is 0 Å². The second kappa shape index (κ2) is 8.86. The first-order chi connectivity index (χ1) is 12.2. The maximum absolute atomic E-state index is 12.7. The summed E-state index contributed by atoms with van der Waals surface area (Å²) in [6.07, 6.45) is 1.15. The van der Waals surface area contributed by atoms with Gasteiger partial charge in [-0.2, -0.15) is 4.31 Å². The van der Waals surface area contributed by atoms with E-state index >= 15 is 0 Å². The lowest BCUT2D eigenvalue weighted by atomic mass is 10.0. The Morgan fingerprint density at radius 1 is 1.19 bits per heavy atom. The van der Waals surface area contributed by atoms with Crippen molar-refractivity contribution in [2.75, 3.05) is 19.6 Å². The maximum atomic E-state index is 12.7. The van der Waals surface area contributed by atoms with Crippen molar-refractivity contribution >= 4 is 15.9 Å². The molecule has 0 aromatic heterocycles. The van der Waals surface area contributed by atoms with E-state index in [1.54, 1.807) is 35.5 Å². The zero-order chi connectivity index (χ0) is 19.3. The van der Waals surface area contributed by atoms with Crippen LogP contribution in [0, 0.1) is 11.8 Å². The van der Waals surface area contributed by atoms with E-state index < -0.39 is 16.1 Å². The number of hydrogen-bond acceptors (Lipinski definition) is 4. The monoisotopic (exact) mass is 382 g/mol. The molecule has 0 unspecified atom stereocenters. The molecule has 1 aliphatic heterocycles. The van der Waals surface area contributed by atoms with E-state index in [4.69, 9.17) is 4.74 Å². The third kappa shape index (κ3) is 5.45. The average molecular weight is 383 g/mol. The minimum absolute atomic E-state index is 0.183. The largest absolute Gasteiger partial charge is 0.481 e. The average Bonchev–Trinajstić information content (AvgIpc) is 2.60.